The summed E-state index contributed by atoms with van der Waals surface area (Å²) in [4.78, 5) is 25.6. The van der Waals surface area contributed by atoms with E-state index < -0.39 is 0 Å². The van der Waals surface area contributed by atoms with E-state index in [1.165, 1.54) is 0 Å². The van der Waals surface area contributed by atoms with Crippen molar-refractivity contribution in [2.75, 3.05) is 13.1 Å². The van der Waals surface area contributed by atoms with Gasteiger partial charge in [0.2, 0.25) is 11.8 Å². The zero-order valence-electron chi connectivity index (χ0n) is 11.9. The van der Waals surface area contributed by atoms with Gasteiger partial charge >= 0.3 is 0 Å². The third kappa shape index (κ3) is 4.31. The Labute approximate surface area is 110 Å². The third-order valence-electron chi connectivity index (χ3n) is 3.48. The number of hydrogen-bond acceptors (Lipinski definition) is 2. The summed E-state index contributed by atoms with van der Waals surface area (Å²) in [6.07, 6.45) is 4.54. The number of nitrogens with one attached hydrogen (secondary N) is 1. The summed E-state index contributed by atoms with van der Waals surface area (Å²) in [5.74, 6) is 0.0312. The lowest BCUT2D eigenvalue weighted by Gasteiger charge is -2.18. The van der Waals surface area contributed by atoms with Gasteiger partial charge in [-0.15, -0.1) is 0 Å². The molecule has 104 valence electrons. The van der Waals surface area contributed by atoms with Gasteiger partial charge < -0.3 is 10.2 Å². The Morgan fingerprint density at radius 1 is 1.44 bits per heavy atom. The van der Waals surface area contributed by atoms with Crippen molar-refractivity contribution in [1.29, 1.82) is 0 Å². The summed E-state index contributed by atoms with van der Waals surface area (Å²) in [6, 6.07) is 0.210. The molecule has 18 heavy (non-hydrogen) atoms. The highest BCUT2D eigenvalue weighted by atomic mass is 16.2. The van der Waals surface area contributed by atoms with Gasteiger partial charge in [0.25, 0.3) is 0 Å². The number of rotatable bonds is 7. The minimum absolute atomic E-state index is 0.0447. The molecule has 0 aliphatic carbocycles. The Morgan fingerprint density at radius 3 is 2.78 bits per heavy atom. The third-order valence-corrected chi connectivity index (χ3v) is 3.48. The van der Waals surface area contributed by atoms with E-state index in [-0.39, 0.29) is 23.8 Å². The standard InChI is InChI=1S/C14H26N2O2/c1-4-6-8-16-10-12(9-13(16)17)14(18)15-11(3)7-5-2/h11-12H,4-10H2,1-3H3,(H,15,18)/t11-,12-/m0/s1. The Kier molecular flexibility index (Phi) is 6.16. The molecule has 0 aromatic heterocycles. The molecule has 1 fully saturated rings. The van der Waals surface area contributed by atoms with Gasteiger partial charge in [-0.05, 0) is 19.8 Å². The molecule has 4 nitrogen and oxygen atoms in total. The van der Waals surface area contributed by atoms with Gasteiger partial charge in [-0.2, -0.15) is 0 Å². The van der Waals surface area contributed by atoms with Gasteiger partial charge in [0.1, 0.15) is 0 Å². The summed E-state index contributed by atoms with van der Waals surface area (Å²) in [5, 5.41) is 3.00. The first-order chi connectivity index (χ1) is 8.58. The molecule has 0 aromatic carbocycles. The van der Waals surface area contributed by atoms with Crippen LogP contribution in [-0.4, -0.2) is 35.8 Å². The van der Waals surface area contributed by atoms with Crippen LogP contribution in [0.1, 0.15) is 52.9 Å². The lowest BCUT2D eigenvalue weighted by molar-refractivity contribution is -0.129. The van der Waals surface area contributed by atoms with Gasteiger partial charge in [0.05, 0.1) is 5.92 Å². The Morgan fingerprint density at radius 2 is 2.17 bits per heavy atom. The first-order valence-electron chi connectivity index (χ1n) is 7.16. The molecule has 0 spiro atoms. The van der Waals surface area contributed by atoms with E-state index in [0.29, 0.717) is 13.0 Å². The molecule has 1 heterocycles. The predicted octanol–water partition coefficient (Wildman–Crippen LogP) is 1.94. The van der Waals surface area contributed by atoms with Crippen LogP contribution in [0.4, 0.5) is 0 Å². The number of hydrogen-bond donors (Lipinski definition) is 1. The van der Waals surface area contributed by atoms with Gasteiger partial charge in [-0.1, -0.05) is 26.7 Å². The predicted molar refractivity (Wildman–Crippen MR) is 72.1 cm³/mol. The molecule has 1 saturated heterocycles. The molecule has 0 bridgehead atoms. The average molecular weight is 254 g/mol. The first-order valence-corrected chi connectivity index (χ1v) is 7.16. The molecule has 1 aliphatic heterocycles. The molecule has 2 amide bonds. The van der Waals surface area contributed by atoms with Crippen LogP contribution >= 0.6 is 0 Å². The quantitative estimate of drug-likeness (QED) is 0.755. The highest BCUT2D eigenvalue weighted by Gasteiger charge is 2.33. The summed E-state index contributed by atoms with van der Waals surface area (Å²) >= 11 is 0. The molecule has 1 aliphatic rings. The van der Waals surface area contributed by atoms with Crippen molar-refractivity contribution in [3.63, 3.8) is 0 Å². The van der Waals surface area contributed by atoms with Crippen molar-refractivity contribution < 1.29 is 9.59 Å². The van der Waals surface area contributed by atoms with Gasteiger partial charge in [0, 0.05) is 25.6 Å². The normalized spacial score (nSPS) is 21.2. The summed E-state index contributed by atoms with van der Waals surface area (Å²) < 4.78 is 0. The highest BCUT2D eigenvalue weighted by molar-refractivity contribution is 5.89. The largest absolute Gasteiger partial charge is 0.353 e. The Balaban J connectivity index is 2.39. The number of carbonyl (C=O) groups is 2. The number of nitrogens with zero attached hydrogens (tertiary/aromatic N) is 1. The second-order valence-electron chi connectivity index (χ2n) is 5.29. The van der Waals surface area contributed by atoms with E-state index in [2.05, 4.69) is 19.2 Å². The van der Waals surface area contributed by atoms with Crippen molar-refractivity contribution >= 4 is 11.8 Å². The van der Waals surface area contributed by atoms with E-state index >= 15 is 0 Å². The van der Waals surface area contributed by atoms with Crippen LogP contribution < -0.4 is 5.32 Å². The van der Waals surface area contributed by atoms with Crippen LogP contribution in [0.15, 0.2) is 0 Å². The van der Waals surface area contributed by atoms with E-state index in [1.54, 1.807) is 0 Å². The zero-order chi connectivity index (χ0) is 13.5. The Hall–Kier alpha value is -1.06. The first kappa shape index (κ1) is 15.0. The Bertz CT molecular complexity index is 292. The molecular formula is C14H26N2O2. The van der Waals surface area contributed by atoms with E-state index in [0.717, 1.165) is 32.2 Å². The van der Waals surface area contributed by atoms with Crippen LogP contribution in [0.25, 0.3) is 0 Å². The van der Waals surface area contributed by atoms with E-state index in [9.17, 15) is 9.59 Å². The molecule has 0 saturated carbocycles. The van der Waals surface area contributed by atoms with Crippen LogP contribution in [0, 0.1) is 5.92 Å². The number of likely N-dealkylation sites (tertiary alicyclic amines) is 1. The van der Waals surface area contributed by atoms with Crippen molar-refractivity contribution in [3.05, 3.63) is 0 Å². The molecule has 0 radical (unpaired) electrons. The van der Waals surface area contributed by atoms with Crippen molar-refractivity contribution in [3.8, 4) is 0 Å². The van der Waals surface area contributed by atoms with E-state index in [1.807, 2.05) is 11.8 Å². The second kappa shape index (κ2) is 7.39. The minimum Gasteiger partial charge on any atom is -0.353 e. The monoisotopic (exact) mass is 254 g/mol. The lowest BCUT2D eigenvalue weighted by atomic mass is 10.1. The fourth-order valence-electron chi connectivity index (χ4n) is 2.38. The molecule has 0 aromatic rings. The molecule has 0 unspecified atom stereocenters. The fraction of sp³-hybridized carbons (Fsp3) is 0.857. The second-order valence-corrected chi connectivity index (χ2v) is 5.29. The summed E-state index contributed by atoms with van der Waals surface area (Å²) in [6.45, 7) is 7.63. The van der Waals surface area contributed by atoms with Crippen molar-refractivity contribution in [2.24, 2.45) is 5.92 Å². The maximum absolute atomic E-state index is 12.0. The topological polar surface area (TPSA) is 49.4 Å². The van der Waals surface area contributed by atoms with Crippen molar-refractivity contribution in [1.82, 2.24) is 10.2 Å². The van der Waals surface area contributed by atoms with Crippen molar-refractivity contribution in [2.45, 2.75) is 58.9 Å². The highest BCUT2D eigenvalue weighted by Crippen LogP contribution is 2.18. The van der Waals surface area contributed by atoms with Crippen LogP contribution in [0.5, 0.6) is 0 Å². The molecular weight excluding hydrogens is 228 g/mol. The minimum atomic E-state index is -0.145. The molecule has 1 rings (SSSR count). The summed E-state index contributed by atoms with van der Waals surface area (Å²) in [7, 11) is 0. The zero-order valence-corrected chi connectivity index (χ0v) is 11.9. The van der Waals surface area contributed by atoms with Gasteiger partial charge in [-0.3, -0.25) is 9.59 Å². The molecule has 1 N–H and O–H groups in total. The van der Waals surface area contributed by atoms with Crippen LogP contribution in [0.2, 0.25) is 0 Å². The number of carbonyl (C=O) groups excluding carboxylic acids is 2. The van der Waals surface area contributed by atoms with Gasteiger partial charge in [-0.25, -0.2) is 0 Å². The van der Waals surface area contributed by atoms with Gasteiger partial charge in [0.15, 0.2) is 0 Å². The number of unbranched alkanes of at least 4 members (excludes halogenated alkanes) is 1. The number of amides is 2. The van der Waals surface area contributed by atoms with E-state index in [4.69, 9.17) is 0 Å². The van der Waals surface area contributed by atoms with Crippen LogP contribution in [-0.2, 0) is 9.59 Å². The van der Waals surface area contributed by atoms with Crippen LogP contribution in [0.3, 0.4) is 0 Å². The maximum atomic E-state index is 12.0. The smallest absolute Gasteiger partial charge is 0.225 e. The maximum Gasteiger partial charge on any atom is 0.225 e. The summed E-state index contributed by atoms with van der Waals surface area (Å²) in [5.41, 5.74) is 0. The fourth-order valence-corrected chi connectivity index (χ4v) is 2.38. The average Bonchev–Trinajstić information content (AvgIpc) is 2.68. The molecule has 2 atom stereocenters. The SMILES string of the molecule is CCCCN1C[C@@H](C(=O)N[C@@H](C)CCC)CC1=O. The lowest BCUT2D eigenvalue weighted by Crippen LogP contribution is -2.38. The molecule has 4 heteroatoms.